The molecule has 3 heterocycles. The maximum absolute atomic E-state index is 2.51. The standard InChI is InChI=1S/C34H27N3/c1-3-36-29-14-8-5-11-24(29)26-18-19-31-33(34(26)36)27-12-6-9-15-30(27)37(31)21-22-16-17-25-23-10-4-7-13-28(23)35(2)32(25)20-22/h4-20H,3,21H2,1-2H3. The van der Waals surface area contributed by atoms with E-state index in [1.807, 2.05) is 0 Å². The molecule has 3 nitrogen and oxygen atoms in total. The van der Waals surface area contributed by atoms with Crippen LogP contribution in [0.3, 0.4) is 0 Å². The van der Waals surface area contributed by atoms with Crippen LogP contribution >= 0.6 is 0 Å². The van der Waals surface area contributed by atoms with Crippen LogP contribution in [0.1, 0.15) is 12.5 Å². The van der Waals surface area contributed by atoms with Crippen LogP contribution in [0.5, 0.6) is 0 Å². The first-order valence-electron chi connectivity index (χ1n) is 13.1. The number of hydrogen-bond acceptors (Lipinski definition) is 0. The molecule has 0 amide bonds. The van der Waals surface area contributed by atoms with Gasteiger partial charge in [-0.1, -0.05) is 72.8 Å². The molecular weight excluding hydrogens is 450 g/mol. The first kappa shape index (κ1) is 20.7. The monoisotopic (exact) mass is 477 g/mol. The lowest BCUT2D eigenvalue weighted by Crippen LogP contribution is -2.00. The fraction of sp³-hybridized carbons (Fsp3) is 0.118. The Kier molecular flexibility index (Phi) is 4.19. The highest BCUT2D eigenvalue weighted by molar-refractivity contribution is 6.25. The van der Waals surface area contributed by atoms with Gasteiger partial charge in [-0.2, -0.15) is 0 Å². The van der Waals surface area contributed by atoms with Crippen molar-refractivity contribution < 1.29 is 0 Å². The van der Waals surface area contributed by atoms with Crippen LogP contribution in [0.2, 0.25) is 0 Å². The average molecular weight is 478 g/mol. The summed E-state index contributed by atoms with van der Waals surface area (Å²) in [6, 6.07) is 38.0. The van der Waals surface area contributed by atoms with Gasteiger partial charge >= 0.3 is 0 Å². The summed E-state index contributed by atoms with van der Waals surface area (Å²) < 4.78 is 7.32. The van der Waals surface area contributed by atoms with Gasteiger partial charge in [-0.15, -0.1) is 0 Å². The van der Waals surface area contributed by atoms with Crippen molar-refractivity contribution in [3.05, 3.63) is 109 Å². The van der Waals surface area contributed by atoms with Crippen LogP contribution in [0.25, 0.3) is 65.4 Å². The molecule has 8 aromatic rings. The molecular formula is C34H27N3. The SMILES string of the molecule is CCn1c2ccccc2c2ccc3c(c4ccccc4n3Cc3ccc4c5ccccc5n(C)c4c3)c21. The number of hydrogen-bond donors (Lipinski definition) is 0. The van der Waals surface area contributed by atoms with Gasteiger partial charge in [0, 0.05) is 74.5 Å². The Morgan fingerprint density at radius 2 is 1.11 bits per heavy atom. The second kappa shape index (κ2) is 7.50. The lowest BCUT2D eigenvalue weighted by Gasteiger charge is -2.09. The fourth-order valence-electron chi connectivity index (χ4n) is 6.66. The Hall–Kier alpha value is -4.50. The van der Waals surface area contributed by atoms with Gasteiger partial charge in [0.1, 0.15) is 0 Å². The van der Waals surface area contributed by atoms with Crippen molar-refractivity contribution in [3.63, 3.8) is 0 Å². The zero-order chi connectivity index (χ0) is 24.7. The molecule has 0 N–H and O–H groups in total. The number of rotatable bonds is 3. The van der Waals surface area contributed by atoms with Crippen molar-refractivity contribution in [3.8, 4) is 0 Å². The van der Waals surface area contributed by atoms with Crippen LogP contribution in [-0.4, -0.2) is 13.7 Å². The third kappa shape index (κ3) is 2.71. The molecule has 8 rings (SSSR count). The zero-order valence-corrected chi connectivity index (χ0v) is 21.1. The molecule has 0 fully saturated rings. The highest BCUT2D eigenvalue weighted by atomic mass is 15.0. The summed E-state index contributed by atoms with van der Waals surface area (Å²) in [7, 11) is 2.18. The van der Waals surface area contributed by atoms with Crippen LogP contribution in [-0.2, 0) is 20.1 Å². The molecule has 0 bridgehead atoms. The molecule has 0 saturated heterocycles. The molecule has 0 radical (unpaired) electrons. The molecule has 178 valence electrons. The molecule has 3 aromatic heterocycles. The summed E-state index contributed by atoms with van der Waals surface area (Å²) in [5, 5.41) is 7.99. The molecule has 3 heteroatoms. The number of para-hydroxylation sites is 3. The van der Waals surface area contributed by atoms with Crippen molar-refractivity contribution in [1.82, 2.24) is 13.7 Å². The lowest BCUT2D eigenvalue weighted by atomic mass is 10.1. The maximum atomic E-state index is 2.51. The van der Waals surface area contributed by atoms with Crippen molar-refractivity contribution >= 4 is 65.4 Å². The summed E-state index contributed by atoms with van der Waals surface area (Å²) in [4.78, 5) is 0. The van der Waals surface area contributed by atoms with Crippen molar-refractivity contribution in [2.24, 2.45) is 7.05 Å². The molecule has 0 atom stereocenters. The Bertz CT molecular complexity index is 2170. The maximum Gasteiger partial charge on any atom is 0.0592 e. The van der Waals surface area contributed by atoms with Gasteiger partial charge in [-0.05, 0) is 42.8 Å². The number of benzene rings is 5. The minimum atomic E-state index is 0.833. The van der Waals surface area contributed by atoms with Crippen molar-refractivity contribution in [2.75, 3.05) is 0 Å². The molecule has 0 aliphatic carbocycles. The summed E-state index contributed by atoms with van der Waals surface area (Å²) >= 11 is 0. The first-order chi connectivity index (χ1) is 18.2. The van der Waals surface area contributed by atoms with Crippen molar-refractivity contribution in [1.29, 1.82) is 0 Å². The van der Waals surface area contributed by atoms with Crippen molar-refractivity contribution in [2.45, 2.75) is 20.0 Å². The normalized spacial score (nSPS) is 12.3. The Morgan fingerprint density at radius 1 is 0.514 bits per heavy atom. The third-order valence-corrected chi connectivity index (χ3v) is 8.30. The van der Waals surface area contributed by atoms with Crippen LogP contribution in [0.15, 0.2) is 103 Å². The van der Waals surface area contributed by atoms with E-state index in [4.69, 9.17) is 0 Å². The van der Waals surface area contributed by atoms with Crippen LogP contribution in [0.4, 0.5) is 0 Å². The van der Waals surface area contributed by atoms with E-state index in [1.54, 1.807) is 0 Å². The molecule has 0 aliphatic rings. The van der Waals surface area contributed by atoms with E-state index in [0.29, 0.717) is 0 Å². The highest BCUT2D eigenvalue weighted by Crippen LogP contribution is 2.40. The molecule has 5 aromatic carbocycles. The minimum Gasteiger partial charge on any atom is -0.344 e. The molecule has 0 unspecified atom stereocenters. The van der Waals surface area contributed by atoms with Gasteiger partial charge in [0.05, 0.1) is 11.0 Å². The van der Waals surface area contributed by atoms with E-state index < -0.39 is 0 Å². The van der Waals surface area contributed by atoms with Gasteiger partial charge in [0.25, 0.3) is 0 Å². The van der Waals surface area contributed by atoms with Gasteiger partial charge in [-0.25, -0.2) is 0 Å². The van der Waals surface area contributed by atoms with E-state index in [9.17, 15) is 0 Å². The van der Waals surface area contributed by atoms with E-state index in [-0.39, 0.29) is 0 Å². The van der Waals surface area contributed by atoms with Crippen LogP contribution in [0, 0.1) is 0 Å². The predicted octanol–water partition coefficient (Wildman–Crippen LogP) is 8.62. The second-order valence-electron chi connectivity index (χ2n) is 10.1. The largest absolute Gasteiger partial charge is 0.344 e. The molecule has 0 aliphatic heterocycles. The number of fused-ring (bicyclic) bond motifs is 10. The van der Waals surface area contributed by atoms with Crippen LogP contribution < -0.4 is 0 Å². The van der Waals surface area contributed by atoms with Gasteiger partial charge in [-0.3, -0.25) is 0 Å². The van der Waals surface area contributed by atoms with E-state index >= 15 is 0 Å². The summed E-state index contributed by atoms with van der Waals surface area (Å²) in [6.45, 7) is 4.03. The Labute approximate surface area is 214 Å². The summed E-state index contributed by atoms with van der Waals surface area (Å²) in [5.74, 6) is 0. The Balaban J connectivity index is 1.41. The fourth-order valence-corrected chi connectivity index (χ4v) is 6.66. The first-order valence-corrected chi connectivity index (χ1v) is 13.1. The summed E-state index contributed by atoms with van der Waals surface area (Å²) in [5.41, 5.74) is 9.12. The lowest BCUT2D eigenvalue weighted by molar-refractivity contribution is 0.829. The van der Waals surface area contributed by atoms with Gasteiger partial charge < -0.3 is 13.7 Å². The predicted molar refractivity (Wildman–Crippen MR) is 158 cm³/mol. The number of aryl methyl sites for hydroxylation is 2. The minimum absolute atomic E-state index is 0.833. The number of aromatic nitrogens is 3. The van der Waals surface area contributed by atoms with E-state index in [1.165, 1.54) is 71.0 Å². The zero-order valence-electron chi connectivity index (χ0n) is 21.1. The second-order valence-corrected chi connectivity index (χ2v) is 10.1. The molecule has 37 heavy (non-hydrogen) atoms. The van der Waals surface area contributed by atoms with Gasteiger partial charge in [0.15, 0.2) is 0 Å². The quantitative estimate of drug-likeness (QED) is 0.242. The van der Waals surface area contributed by atoms with E-state index in [2.05, 4.69) is 131 Å². The average Bonchev–Trinajstić information content (AvgIpc) is 3.55. The van der Waals surface area contributed by atoms with E-state index in [0.717, 1.165) is 13.1 Å². The topological polar surface area (TPSA) is 14.8 Å². The third-order valence-electron chi connectivity index (χ3n) is 8.30. The highest BCUT2D eigenvalue weighted by Gasteiger charge is 2.19. The number of nitrogens with zero attached hydrogens (tertiary/aromatic N) is 3. The summed E-state index contributed by atoms with van der Waals surface area (Å²) in [6.07, 6.45) is 0. The molecule has 0 saturated carbocycles. The smallest absolute Gasteiger partial charge is 0.0592 e. The Morgan fingerprint density at radius 3 is 1.86 bits per heavy atom. The molecule has 0 spiro atoms. The van der Waals surface area contributed by atoms with Gasteiger partial charge in [0.2, 0.25) is 0 Å².